The average Bonchev–Trinajstić information content (AvgIpc) is 2.90. The third kappa shape index (κ3) is 4.16. The van der Waals surface area contributed by atoms with Crippen LogP contribution >= 0.6 is 0 Å². The Morgan fingerprint density at radius 3 is 2.44 bits per heavy atom. The molecule has 0 aromatic rings. The Hall–Kier alpha value is -0.770. The molecule has 1 aliphatic heterocycles. The van der Waals surface area contributed by atoms with E-state index in [0.29, 0.717) is 12.0 Å². The number of likely N-dealkylation sites (tertiary alicyclic amines) is 1. The van der Waals surface area contributed by atoms with Crippen LogP contribution in [-0.2, 0) is 0 Å². The van der Waals surface area contributed by atoms with Crippen molar-refractivity contribution in [2.24, 2.45) is 5.92 Å². The minimum atomic E-state index is 0.0415. The lowest BCUT2D eigenvalue weighted by atomic mass is 9.97. The zero-order chi connectivity index (χ0) is 12.8. The zero-order valence-corrected chi connectivity index (χ0v) is 11.6. The van der Waals surface area contributed by atoms with Crippen molar-refractivity contribution in [3.05, 3.63) is 0 Å². The number of hydrogen-bond acceptors (Lipinski definition) is 2. The maximum atomic E-state index is 11.7. The topological polar surface area (TPSA) is 44.4 Å². The molecular weight excluding hydrogens is 226 g/mol. The van der Waals surface area contributed by atoms with Crippen LogP contribution in [0.2, 0.25) is 0 Å². The van der Waals surface area contributed by atoms with E-state index in [-0.39, 0.29) is 6.03 Å². The van der Waals surface area contributed by atoms with Crippen molar-refractivity contribution in [3.8, 4) is 0 Å². The number of nitrogens with zero attached hydrogens (tertiary/aromatic N) is 1. The molecule has 0 atom stereocenters. The van der Waals surface area contributed by atoms with Gasteiger partial charge >= 0.3 is 6.03 Å². The molecule has 2 fully saturated rings. The highest BCUT2D eigenvalue weighted by Crippen LogP contribution is 2.18. The molecule has 2 aliphatic rings. The maximum Gasteiger partial charge on any atom is 0.315 e. The molecule has 4 heteroatoms. The summed E-state index contributed by atoms with van der Waals surface area (Å²) in [6.45, 7) is 6.59. The molecule has 0 aromatic heterocycles. The van der Waals surface area contributed by atoms with Gasteiger partial charge in [0.1, 0.15) is 0 Å². The number of rotatable bonds is 4. The summed E-state index contributed by atoms with van der Waals surface area (Å²) in [5, 5.41) is 6.12. The van der Waals surface area contributed by atoms with Crippen LogP contribution in [0.5, 0.6) is 0 Å². The third-order valence-corrected chi connectivity index (χ3v) is 4.40. The van der Waals surface area contributed by atoms with Gasteiger partial charge in [-0.3, -0.25) is 0 Å². The minimum absolute atomic E-state index is 0.0415. The van der Waals surface area contributed by atoms with Crippen molar-refractivity contribution < 1.29 is 4.79 Å². The smallest absolute Gasteiger partial charge is 0.315 e. The van der Waals surface area contributed by atoms with E-state index in [9.17, 15) is 4.79 Å². The van der Waals surface area contributed by atoms with Crippen LogP contribution in [-0.4, -0.2) is 43.2 Å². The molecule has 0 spiro atoms. The molecule has 2 rings (SSSR count). The lowest BCUT2D eigenvalue weighted by Crippen LogP contribution is -2.44. The molecule has 104 valence electrons. The first-order valence-corrected chi connectivity index (χ1v) is 7.54. The number of urea groups is 1. The highest BCUT2D eigenvalue weighted by atomic mass is 16.2. The Balaban J connectivity index is 1.58. The van der Waals surface area contributed by atoms with Gasteiger partial charge in [-0.05, 0) is 51.2 Å². The van der Waals surface area contributed by atoms with E-state index >= 15 is 0 Å². The third-order valence-electron chi connectivity index (χ3n) is 4.40. The van der Waals surface area contributed by atoms with Gasteiger partial charge in [0.25, 0.3) is 0 Å². The number of piperidine rings is 1. The minimum Gasteiger partial charge on any atom is -0.338 e. The van der Waals surface area contributed by atoms with Crippen LogP contribution < -0.4 is 10.6 Å². The SMILES string of the molecule is CCN1CCC(CNC(=O)NC2CCCC2)CC1. The molecule has 1 saturated carbocycles. The maximum absolute atomic E-state index is 11.7. The van der Waals surface area contributed by atoms with Crippen LogP contribution in [0.3, 0.4) is 0 Å². The van der Waals surface area contributed by atoms with Crippen molar-refractivity contribution in [3.63, 3.8) is 0 Å². The predicted octanol–water partition coefficient (Wildman–Crippen LogP) is 1.96. The van der Waals surface area contributed by atoms with Crippen molar-refractivity contribution in [1.82, 2.24) is 15.5 Å². The summed E-state index contributed by atoms with van der Waals surface area (Å²) in [7, 11) is 0. The molecular formula is C14H27N3O. The van der Waals surface area contributed by atoms with Crippen molar-refractivity contribution in [2.45, 2.75) is 51.5 Å². The molecule has 1 aliphatic carbocycles. The first-order valence-electron chi connectivity index (χ1n) is 7.54. The van der Waals surface area contributed by atoms with Gasteiger partial charge in [0.05, 0.1) is 0 Å². The van der Waals surface area contributed by atoms with E-state index < -0.39 is 0 Å². The van der Waals surface area contributed by atoms with Crippen LogP contribution in [0.25, 0.3) is 0 Å². The van der Waals surface area contributed by atoms with Crippen LogP contribution in [0.15, 0.2) is 0 Å². The normalized spacial score (nSPS) is 23.2. The summed E-state index contributed by atoms with van der Waals surface area (Å²) >= 11 is 0. The summed E-state index contributed by atoms with van der Waals surface area (Å²) in [5.74, 6) is 0.669. The van der Waals surface area contributed by atoms with Gasteiger partial charge in [0, 0.05) is 12.6 Å². The van der Waals surface area contributed by atoms with Crippen molar-refractivity contribution in [2.75, 3.05) is 26.2 Å². The fraction of sp³-hybridized carbons (Fsp3) is 0.929. The Bertz CT molecular complexity index is 256. The summed E-state index contributed by atoms with van der Waals surface area (Å²) in [6, 6.07) is 0.465. The number of amides is 2. The number of hydrogen-bond donors (Lipinski definition) is 2. The van der Waals surface area contributed by atoms with E-state index in [1.54, 1.807) is 0 Å². The number of carbonyl (C=O) groups is 1. The molecule has 18 heavy (non-hydrogen) atoms. The largest absolute Gasteiger partial charge is 0.338 e. The second kappa shape index (κ2) is 6.98. The van der Waals surface area contributed by atoms with Crippen LogP contribution in [0, 0.1) is 5.92 Å². The average molecular weight is 253 g/mol. The summed E-state index contributed by atoms with van der Waals surface area (Å²) < 4.78 is 0. The Morgan fingerprint density at radius 1 is 1.17 bits per heavy atom. The van der Waals surface area contributed by atoms with Crippen LogP contribution in [0.1, 0.15) is 45.4 Å². The predicted molar refractivity (Wildman–Crippen MR) is 73.6 cm³/mol. The number of carbonyl (C=O) groups excluding carboxylic acids is 1. The first kappa shape index (κ1) is 13.7. The second-order valence-corrected chi connectivity index (χ2v) is 5.71. The molecule has 0 radical (unpaired) electrons. The first-order chi connectivity index (χ1) is 8.78. The monoisotopic (exact) mass is 253 g/mol. The summed E-state index contributed by atoms with van der Waals surface area (Å²) in [4.78, 5) is 14.2. The van der Waals surface area contributed by atoms with Crippen molar-refractivity contribution in [1.29, 1.82) is 0 Å². The van der Waals surface area contributed by atoms with E-state index in [2.05, 4.69) is 22.5 Å². The van der Waals surface area contributed by atoms with Gasteiger partial charge in [0.15, 0.2) is 0 Å². The Morgan fingerprint density at radius 2 is 1.83 bits per heavy atom. The lowest BCUT2D eigenvalue weighted by molar-refractivity contribution is 0.188. The van der Waals surface area contributed by atoms with Crippen molar-refractivity contribution >= 4 is 6.03 Å². The van der Waals surface area contributed by atoms with Gasteiger partial charge in [-0.25, -0.2) is 4.79 Å². The lowest BCUT2D eigenvalue weighted by Gasteiger charge is -2.31. The highest BCUT2D eigenvalue weighted by molar-refractivity contribution is 5.74. The molecule has 2 amide bonds. The standard InChI is InChI=1S/C14H27N3O/c1-2-17-9-7-12(8-10-17)11-15-14(18)16-13-5-3-4-6-13/h12-13H,2-11H2,1H3,(H2,15,16,18). The van der Waals surface area contributed by atoms with Gasteiger partial charge in [-0.2, -0.15) is 0 Å². The van der Waals surface area contributed by atoms with Gasteiger partial charge in [-0.15, -0.1) is 0 Å². The molecule has 1 saturated heterocycles. The molecule has 0 bridgehead atoms. The Labute approximate surface area is 110 Å². The molecule has 2 N–H and O–H groups in total. The summed E-state index contributed by atoms with van der Waals surface area (Å²) in [6.07, 6.45) is 7.28. The van der Waals surface area contributed by atoms with Gasteiger partial charge in [-0.1, -0.05) is 19.8 Å². The van der Waals surface area contributed by atoms with E-state index in [1.807, 2.05) is 0 Å². The van der Waals surface area contributed by atoms with Crippen LogP contribution in [0.4, 0.5) is 4.79 Å². The Kier molecular flexibility index (Phi) is 5.29. The van der Waals surface area contributed by atoms with E-state index in [0.717, 1.165) is 25.9 Å². The fourth-order valence-corrected chi connectivity index (χ4v) is 3.05. The van der Waals surface area contributed by atoms with E-state index in [4.69, 9.17) is 0 Å². The fourth-order valence-electron chi connectivity index (χ4n) is 3.05. The molecule has 1 heterocycles. The highest BCUT2D eigenvalue weighted by Gasteiger charge is 2.20. The zero-order valence-electron chi connectivity index (χ0n) is 11.6. The summed E-state index contributed by atoms with van der Waals surface area (Å²) in [5.41, 5.74) is 0. The number of nitrogens with one attached hydrogen (secondary N) is 2. The molecule has 4 nitrogen and oxygen atoms in total. The quantitative estimate of drug-likeness (QED) is 0.804. The van der Waals surface area contributed by atoms with Gasteiger partial charge in [0.2, 0.25) is 0 Å². The van der Waals surface area contributed by atoms with Gasteiger partial charge < -0.3 is 15.5 Å². The molecule has 0 aromatic carbocycles. The molecule has 0 unspecified atom stereocenters. The van der Waals surface area contributed by atoms with E-state index in [1.165, 1.54) is 38.8 Å². The second-order valence-electron chi connectivity index (χ2n) is 5.71.